The first-order valence-corrected chi connectivity index (χ1v) is 10.9. The molecule has 4 aliphatic carbocycles. The summed E-state index contributed by atoms with van der Waals surface area (Å²) < 4.78 is 6.91. The van der Waals surface area contributed by atoms with Gasteiger partial charge >= 0.3 is 5.97 Å². The van der Waals surface area contributed by atoms with Crippen molar-refractivity contribution in [2.75, 3.05) is 6.54 Å². The van der Waals surface area contributed by atoms with Gasteiger partial charge in [0.2, 0.25) is 5.91 Å². The van der Waals surface area contributed by atoms with Crippen LogP contribution in [0.15, 0.2) is 30.6 Å². The van der Waals surface area contributed by atoms with Crippen molar-refractivity contribution in [3.63, 3.8) is 0 Å². The third-order valence-electron chi connectivity index (χ3n) is 7.05. The van der Waals surface area contributed by atoms with Crippen LogP contribution in [0.4, 0.5) is 0 Å². The van der Waals surface area contributed by atoms with Gasteiger partial charge in [0, 0.05) is 18.4 Å². The average molecular weight is 409 g/mol. The molecule has 4 aliphatic rings. The van der Waals surface area contributed by atoms with Gasteiger partial charge in [0.25, 0.3) is 0 Å². The number of aromatic nitrogens is 4. The third-order valence-corrected chi connectivity index (χ3v) is 7.05. The largest absolute Gasteiger partial charge is 0.427 e. The van der Waals surface area contributed by atoms with E-state index < -0.39 is 0 Å². The van der Waals surface area contributed by atoms with Gasteiger partial charge in [-0.25, -0.2) is 4.68 Å². The van der Waals surface area contributed by atoms with E-state index in [1.807, 2.05) is 0 Å². The van der Waals surface area contributed by atoms with E-state index >= 15 is 0 Å². The average Bonchev–Trinajstić information content (AvgIpc) is 3.25. The Kier molecular flexibility index (Phi) is 5.00. The number of tetrazole rings is 1. The summed E-state index contributed by atoms with van der Waals surface area (Å²) in [6, 6.07) is 6.99. The van der Waals surface area contributed by atoms with Crippen LogP contribution in [0, 0.1) is 23.2 Å². The van der Waals surface area contributed by atoms with Crippen molar-refractivity contribution < 1.29 is 14.3 Å². The lowest BCUT2D eigenvalue weighted by Crippen LogP contribution is -2.53. The van der Waals surface area contributed by atoms with E-state index in [1.54, 1.807) is 24.3 Å². The predicted octanol–water partition coefficient (Wildman–Crippen LogP) is 2.68. The molecular formula is C22H27N5O3. The summed E-state index contributed by atoms with van der Waals surface area (Å²) in [6.45, 7) is 0.522. The normalized spacial score (nSPS) is 29.0. The molecule has 4 bridgehead atoms. The molecule has 1 heterocycles. The Balaban J connectivity index is 1.06. The van der Waals surface area contributed by atoms with Crippen LogP contribution in [-0.2, 0) is 9.59 Å². The number of amides is 1. The van der Waals surface area contributed by atoms with Crippen molar-refractivity contribution in [3.8, 4) is 11.4 Å². The van der Waals surface area contributed by atoms with Gasteiger partial charge in [0.15, 0.2) is 0 Å². The molecule has 30 heavy (non-hydrogen) atoms. The number of carbonyl (C=O) groups is 2. The number of nitrogens with one attached hydrogen (secondary N) is 1. The first kappa shape index (κ1) is 19.2. The molecule has 0 spiro atoms. The molecular weight excluding hydrogens is 382 g/mol. The molecule has 0 radical (unpaired) electrons. The summed E-state index contributed by atoms with van der Waals surface area (Å²) in [5, 5.41) is 14.1. The van der Waals surface area contributed by atoms with Crippen LogP contribution in [0.3, 0.4) is 0 Å². The predicted molar refractivity (Wildman–Crippen MR) is 108 cm³/mol. The zero-order chi connectivity index (χ0) is 20.6. The van der Waals surface area contributed by atoms with Gasteiger partial charge in [-0.2, -0.15) is 0 Å². The Labute approximate surface area is 175 Å². The van der Waals surface area contributed by atoms with Crippen LogP contribution in [-0.4, -0.2) is 38.6 Å². The van der Waals surface area contributed by atoms with Crippen molar-refractivity contribution in [1.82, 2.24) is 25.5 Å². The second-order valence-corrected chi connectivity index (χ2v) is 9.28. The molecule has 6 rings (SSSR count). The molecule has 4 fully saturated rings. The zero-order valence-electron chi connectivity index (χ0n) is 17.0. The number of rotatable bonds is 7. The van der Waals surface area contributed by atoms with E-state index in [-0.39, 0.29) is 23.7 Å². The Hall–Kier alpha value is -2.77. The molecule has 2 aromatic rings. The highest BCUT2D eigenvalue weighted by molar-refractivity contribution is 5.83. The molecule has 0 saturated heterocycles. The van der Waals surface area contributed by atoms with Crippen LogP contribution in [0.1, 0.15) is 51.4 Å². The Morgan fingerprint density at radius 2 is 1.73 bits per heavy atom. The minimum absolute atomic E-state index is 0.128. The van der Waals surface area contributed by atoms with Gasteiger partial charge < -0.3 is 10.1 Å². The highest BCUT2D eigenvalue weighted by atomic mass is 16.5. The zero-order valence-corrected chi connectivity index (χ0v) is 17.0. The monoisotopic (exact) mass is 409 g/mol. The summed E-state index contributed by atoms with van der Waals surface area (Å²) in [4.78, 5) is 25.0. The standard InChI is InChI=1S/C22H27N5O3/c28-20(30-19-5-3-18(4-6-19)27-14-24-25-26-27)2-1-7-23-21(29)22-11-15-8-16(12-22)10-17(9-15)13-22/h3-6,14-17H,1-2,7-13H2,(H,23,29). The van der Waals surface area contributed by atoms with Crippen molar-refractivity contribution in [2.24, 2.45) is 23.2 Å². The molecule has 8 heteroatoms. The minimum Gasteiger partial charge on any atom is -0.427 e. The highest BCUT2D eigenvalue weighted by Crippen LogP contribution is 2.60. The number of nitrogens with zero attached hydrogens (tertiary/aromatic N) is 4. The van der Waals surface area contributed by atoms with E-state index in [4.69, 9.17) is 4.74 Å². The molecule has 158 valence electrons. The second-order valence-electron chi connectivity index (χ2n) is 9.28. The molecule has 0 aliphatic heterocycles. The molecule has 0 unspecified atom stereocenters. The van der Waals surface area contributed by atoms with Crippen LogP contribution in [0.25, 0.3) is 5.69 Å². The van der Waals surface area contributed by atoms with E-state index in [0.29, 0.717) is 18.7 Å². The summed E-state index contributed by atoms with van der Waals surface area (Å²) in [6.07, 6.45) is 9.53. The summed E-state index contributed by atoms with van der Waals surface area (Å²) in [5.41, 5.74) is 0.656. The van der Waals surface area contributed by atoms with Gasteiger partial charge in [-0.15, -0.1) is 5.10 Å². The Morgan fingerprint density at radius 3 is 2.33 bits per heavy atom. The fourth-order valence-corrected chi connectivity index (χ4v) is 6.14. The topological polar surface area (TPSA) is 99.0 Å². The van der Waals surface area contributed by atoms with E-state index in [9.17, 15) is 9.59 Å². The van der Waals surface area contributed by atoms with Gasteiger partial charge in [-0.05, 0) is 97.4 Å². The van der Waals surface area contributed by atoms with Crippen molar-refractivity contribution in [3.05, 3.63) is 30.6 Å². The number of benzene rings is 1. The third kappa shape index (κ3) is 3.82. The number of carbonyl (C=O) groups excluding carboxylic acids is 2. The highest BCUT2D eigenvalue weighted by Gasteiger charge is 2.54. The van der Waals surface area contributed by atoms with Gasteiger partial charge in [0.05, 0.1) is 5.69 Å². The molecule has 8 nitrogen and oxygen atoms in total. The van der Waals surface area contributed by atoms with E-state index in [1.165, 1.54) is 30.3 Å². The molecule has 4 saturated carbocycles. The van der Waals surface area contributed by atoms with Crippen LogP contribution in [0.5, 0.6) is 5.75 Å². The van der Waals surface area contributed by atoms with E-state index in [2.05, 4.69) is 20.8 Å². The van der Waals surface area contributed by atoms with Crippen LogP contribution in [0.2, 0.25) is 0 Å². The maximum Gasteiger partial charge on any atom is 0.311 e. The van der Waals surface area contributed by atoms with Gasteiger partial charge in [-0.3, -0.25) is 9.59 Å². The van der Waals surface area contributed by atoms with Crippen molar-refractivity contribution >= 4 is 11.9 Å². The Bertz CT molecular complexity index is 874. The van der Waals surface area contributed by atoms with Crippen LogP contribution < -0.4 is 10.1 Å². The lowest BCUT2D eigenvalue weighted by atomic mass is 9.49. The van der Waals surface area contributed by atoms with Crippen molar-refractivity contribution in [2.45, 2.75) is 51.4 Å². The van der Waals surface area contributed by atoms with Gasteiger partial charge in [-0.1, -0.05) is 0 Å². The molecule has 1 aromatic heterocycles. The smallest absolute Gasteiger partial charge is 0.311 e. The Morgan fingerprint density at radius 1 is 1.07 bits per heavy atom. The number of hydrogen-bond donors (Lipinski definition) is 1. The summed E-state index contributed by atoms with van der Waals surface area (Å²) >= 11 is 0. The fraction of sp³-hybridized carbons (Fsp3) is 0.591. The molecule has 0 atom stereocenters. The van der Waals surface area contributed by atoms with Crippen LogP contribution >= 0.6 is 0 Å². The minimum atomic E-state index is -0.297. The SMILES string of the molecule is O=C(CCCNC(=O)C12CC3CC(CC(C3)C1)C2)Oc1ccc(-n2cnnn2)cc1. The summed E-state index contributed by atoms with van der Waals surface area (Å²) in [7, 11) is 0. The lowest BCUT2D eigenvalue weighted by Gasteiger charge is -2.55. The maximum absolute atomic E-state index is 12.9. The summed E-state index contributed by atoms with van der Waals surface area (Å²) in [5.74, 6) is 2.66. The number of esters is 1. The maximum atomic E-state index is 12.9. The second kappa shape index (κ2) is 7.81. The van der Waals surface area contributed by atoms with E-state index in [0.717, 1.165) is 42.7 Å². The molecule has 1 aromatic carbocycles. The first-order valence-electron chi connectivity index (χ1n) is 10.9. The fourth-order valence-electron chi connectivity index (χ4n) is 6.14. The quantitative estimate of drug-likeness (QED) is 0.429. The first-order chi connectivity index (χ1) is 14.6. The van der Waals surface area contributed by atoms with Gasteiger partial charge in [0.1, 0.15) is 12.1 Å². The number of hydrogen-bond acceptors (Lipinski definition) is 6. The molecule has 1 N–H and O–H groups in total. The van der Waals surface area contributed by atoms with Crippen molar-refractivity contribution in [1.29, 1.82) is 0 Å². The lowest BCUT2D eigenvalue weighted by molar-refractivity contribution is -0.146. The number of ether oxygens (including phenoxy) is 1. The molecule has 1 amide bonds.